The first kappa shape index (κ1) is 14.8. The molecule has 15 heavy (non-hydrogen) atoms. The molecule has 0 bridgehead atoms. The van der Waals surface area contributed by atoms with Gasteiger partial charge in [-0.2, -0.15) is 11.8 Å². The molecule has 0 saturated carbocycles. The highest BCUT2D eigenvalue weighted by molar-refractivity contribution is 7.98. The van der Waals surface area contributed by atoms with E-state index in [9.17, 15) is 4.79 Å². The Morgan fingerprint density at radius 3 is 2.73 bits per heavy atom. The Hall–Kier alpha value is -0.220. The molecule has 0 rings (SSSR count). The molecule has 1 N–H and O–H groups in total. The van der Waals surface area contributed by atoms with Crippen LogP contribution in [0.5, 0.6) is 0 Å². The predicted octanol–water partition coefficient (Wildman–Crippen LogP) is 1.92. The highest BCUT2D eigenvalue weighted by atomic mass is 32.2. The van der Waals surface area contributed by atoms with Gasteiger partial charge in [-0.25, -0.2) is 0 Å². The van der Waals surface area contributed by atoms with E-state index in [-0.39, 0.29) is 11.9 Å². The minimum Gasteiger partial charge on any atom is -0.469 e. The molecule has 0 heterocycles. The Morgan fingerprint density at radius 1 is 1.40 bits per heavy atom. The molecule has 1 unspecified atom stereocenters. The molecule has 0 aliphatic carbocycles. The number of hydrogen-bond donors (Lipinski definition) is 1. The van der Waals surface area contributed by atoms with E-state index in [1.54, 1.807) is 0 Å². The summed E-state index contributed by atoms with van der Waals surface area (Å²) in [6, 6.07) is 0. The quantitative estimate of drug-likeness (QED) is 0.488. The van der Waals surface area contributed by atoms with Gasteiger partial charge in [-0.1, -0.05) is 13.3 Å². The molecule has 0 spiro atoms. The molecular formula is C11H23NO2S. The summed E-state index contributed by atoms with van der Waals surface area (Å²) in [5.74, 6) is 1.07. The second-order valence-electron chi connectivity index (χ2n) is 3.68. The minimum atomic E-state index is -0.134. The van der Waals surface area contributed by atoms with Gasteiger partial charge in [0.05, 0.1) is 13.0 Å². The summed E-state index contributed by atoms with van der Waals surface area (Å²) in [7, 11) is 1.43. The summed E-state index contributed by atoms with van der Waals surface area (Å²) < 4.78 is 4.64. The minimum absolute atomic E-state index is 0.0406. The van der Waals surface area contributed by atoms with Crippen molar-refractivity contribution in [3.8, 4) is 0 Å². The molecule has 0 amide bonds. The molecule has 0 aromatic heterocycles. The van der Waals surface area contributed by atoms with Crippen LogP contribution in [-0.2, 0) is 9.53 Å². The second kappa shape index (κ2) is 10.3. The number of nitrogens with one attached hydrogen (secondary N) is 1. The third-order valence-electron chi connectivity index (χ3n) is 2.26. The van der Waals surface area contributed by atoms with Crippen molar-refractivity contribution in [1.82, 2.24) is 5.32 Å². The first-order valence-electron chi connectivity index (χ1n) is 5.49. The number of carbonyl (C=O) groups excluding carboxylic acids is 1. The van der Waals surface area contributed by atoms with Crippen molar-refractivity contribution in [3.63, 3.8) is 0 Å². The van der Waals surface area contributed by atoms with Crippen molar-refractivity contribution >= 4 is 17.7 Å². The predicted molar refractivity (Wildman–Crippen MR) is 66.3 cm³/mol. The number of esters is 1. The summed E-state index contributed by atoms with van der Waals surface area (Å²) in [5.41, 5.74) is 0. The van der Waals surface area contributed by atoms with Gasteiger partial charge in [0.25, 0.3) is 0 Å². The van der Waals surface area contributed by atoms with Crippen LogP contribution >= 0.6 is 11.8 Å². The molecule has 0 saturated heterocycles. The maximum absolute atomic E-state index is 11.1. The maximum Gasteiger partial charge on any atom is 0.309 e. The van der Waals surface area contributed by atoms with Gasteiger partial charge >= 0.3 is 5.97 Å². The van der Waals surface area contributed by atoms with Gasteiger partial charge in [-0.15, -0.1) is 0 Å². The molecule has 90 valence electrons. The lowest BCUT2D eigenvalue weighted by molar-refractivity contribution is -0.144. The van der Waals surface area contributed by atoms with Gasteiger partial charge in [-0.3, -0.25) is 4.79 Å². The van der Waals surface area contributed by atoms with Crippen LogP contribution in [0.2, 0.25) is 0 Å². The molecule has 0 radical (unpaired) electrons. The smallest absolute Gasteiger partial charge is 0.309 e. The maximum atomic E-state index is 11.1. The van der Waals surface area contributed by atoms with E-state index in [2.05, 4.69) is 16.3 Å². The normalized spacial score (nSPS) is 12.5. The average molecular weight is 233 g/mol. The fraction of sp³-hybridized carbons (Fsp3) is 0.909. The Kier molecular flexibility index (Phi) is 10.2. The van der Waals surface area contributed by atoms with Crippen LogP contribution in [0.15, 0.2) is 0 Å². The number of thioether (sulfide) groups is 1. The molecule has 4 heteroatoms. The van der Waals surface area contributed by atoms with Gasteiger partial charge in [0.15, 0.2) is 0 Å². The van der Waals surface area contributed by atoms with E-state index < -0.39 is 0 Å². The highest BCUT2D eigenvalue weighted by Crippen LogP contribution is 2.01. The molecular weight excluding hydrogens is 210 g/mol. The molecule has 1 atom stereocenters. The van der Waals surface area contributed by atoms with E-state index >= 15 is 0 Å². The SMILES string of the molecule is COC(=O)C(C)CNCCCCCSC. The lowest BCUT2D eigenvalue weighted by Crippen LogP contribution is -2.27. The van der Waals surface area contributed by atoms with Crippen molar-refractivity contribution < 1.29 is 9.53 Å². The number of rotatable bonds is 9. The lowest BCUT2D eigenvalue weighted by atomic mass is 10.2. The fourth-order valence-corrected chi connectivity index (χ4v) is 1.77. The Bertz CT molecular complexity index is 165. The number of ether oxygens (including phenoxy) is 1. The van der Waals surface area contributed by atoms with Crippen LogP contribution in [0.3, 0.4) is 0 Å². The molecule has 0 aromatic rings. The Morgan fingerprint density at radius 2 is 2.13 bits per heavy atom. The van der Waals surface area contributed by atoms with E-state index in [1.807, 2.05) is 18.7 Å². The summed E-state index contributed by atoms with van der Waals surface area (Å²) >= 11 is 1.90. The van der Waals surface area contributed by atoms with Crippen LogP contribution in [0, 0.1) is 5.92 Å². The molecule has 0 fully saturated rings. The van der Waals surface area contributed by atoms with E-state index in [4.69, 9.17) is 0 Å². The van der Waals surface area contributed by atoms with E-state index in [1.165, 1.54) is 32.1 Å². The van der Waals surface area contributed by atoms with Gasteiger partial charge < -0.3 is 10.1 Å². The zero-order valence-corrected chi connectivity index (χ0v) is 10.9. The van der Waals surface area contributed by atoms with Crippen molar-refractivity contribution in [1.29, 1.82) is 0 Å². The van der Waals surface area contributed by atoms with Crippen molar-refractivity contribution in [2.45, 2.75) is 26.2 Å². The van der Waals surface area contributed by atoms with Crippen molar-refractivity contribution in [2.24, 2.45) is 5.92 Å². The van der Waals surface area contributed by atoms with Gasteiger partial charge in [0.2, 0.25) is 0 Å². The van der Waals surface area contributed by atoms with Crippen LogP contribution in [0.25, 0.3) is 0 Å². The Labute approximate surface area is 97.3 Å². The zero-order valence-electron chi connectivity index (χ0n) is 10.0. The van der Waals surface area contributed by atoms with Crippen molar-refractivity contribution in [2.75, 3.05) is 32.2 Å². The van der Waals surface area contributed by atoms with Gasteiger partial charge in [0, 0.05) is 6.54 Å². The fourth-order valence-electron chi connectivity index (χ4n) is 1.28. The topological polar surface area (TPSA) is 38.3 Å². The van der Waals surface area contributed by atoms with E-state index in [0.29, 0.717) is 0 Å². The van der Waals surface area contributed by atoms with Crippen LogP contribution in [-0.4, -0.2) is 38.2 Å². The summed E-state index contributed by atoms with van der Waals surface area (Å²) in [6.07, 6.45) is 5.88. The molecule has 0 aromatic carbocycles. The first-order valence-corrected chi connectivity index (χ1v) is 6.89. The van der Waals surface area contributed by atoms with Crippen LogP contribution in [0.4, 0.5) is 0 Å². The lowest BCUT2D eigenvalue weighted by Gasteiger charge is -2.09. The van der Waals surface area contributed by atoms with Crippen molar-refractivity contribution in [3.05, 3.63) is 0 Å². The third-order valence-corrected chi connectivity index (χ3v) is 2.95. The van der Waals surface area contributed by atoms with Crippen LogP contribution < -0.4 is 5.32 Å². The van der Waals surface area contributed by atoms with Gasteiger partial charge in [0.1, 0.15) is 0 Å². The standard InChI is InChI=1S/C11H23NO2S/c1-10(11(13)14-2)9-12-7-5-4-6-8-15-3/h10,12H,4-9H2,1-3H3. The summed E-state index contributed by atoms with van der Waals surface area (Å²) in [6.45, 7) is 3.59. The zero-order chi connectivity index (χ0) is 11.5. The number of unbranched alkanes of at least 4 members (excludes halogenated alkanes) is 2. The third kappa shape index (κ3) is 8.75. The number of carbonyl (C=O) groups is 1. The summed E-state index contributed by atoms with van der Waals surface area (Å²) in [4.78, 5) is 11.1. The molecule has 0 aliphatic heterocycles. The Balaban J connectivity index is 3.20. The van der Waals surface area contributed by atoms with Crippen LogP contribution in [0.1, 0.15) is 26.2 Å². The largest absolute Gasteiger partial charge is 0.469 e. The monoisotopic (exact) mass is 233 g/mol. The first-order chi connectivity index (χ1) is 7.22. The summed E-state index contributed by atoms with van der Waals surface area (Å²) in [5, 5.41) is 3.27. The number of hydrogen-bond acceptors (Lipinski definition) is 4. The molecule has 3 nitrogen and oxygen atoms in total. The number of methoxy groups -OCH3 is 1. The molecule has 0 aliphatic rings. The average Bonchev–Trinajstić information content (AvgIpc) is 2.26. The second-order valence-corrected chi connectivity index (χ2v) is 4.67. The van der Waals surface area contributed by atoms with Gasteiger partial charge in [-0.05, 0) is 31.4 Å². The van der Waals surface area contributed by atoms with E-state index in [0.717, 1.165) is 13.1 Å². The highest BCUT2D eigenvalue weighted by Gasteiger charge is 2.11.